The molecule has 1 aliphatic heterocycles. The summed E-state index contributed by atoms with van der Waals surface area (Å²) in [7, 11) is 0. The van der Waals surface area contributed by atoms with Gasteiger partial charge in [0.05, 0.1) is 0 Å². The number of thiocarbonyl (C=S) groups is 1. The maximum absolute atomic E-state index is 5.72. The number of hydrogen-bond acceptors (Lipinski definition) is 2. The highest BCUT2D eigenvalue weighted by Gasteiger charge is 2.16. The molecule has 2 N–H and O–H groups in total. The van der Waals surface area contributed by atoms with Crippen LogP contribution in [0.1, 0.15) is 18.4 Å². The van der Waals surface area contributed by atoms with Crippen molar-refractivity contribution in [3.05, 3.63) is 28.2 Å². The molecule has 0 radical (unpaired) electrons. The van der Waals surface area contributed by atoms with Gasteiger partial charge in [0.15, 0.2) is 0 Å². The first kappa shape index (κ1) is 10.9. The Morgan fingerprint density at radius 1 is 1.33 bits per heavy atom. The SMILES string of the molecule is NC(=S)c1ccc(Br)cc1N1CCCC1. The van der Waals surface area contributed by atoms with Crippen molar-refractivity contribution < 1.29 is 0 Å². The molecule has 0 atom stereocenters. The van der Waals surface area contributed by atoms with Crippen LogP contribution < -0.4 is 10.6 Å². The molecular weight excluding hydrogens is 272 g/mol. The van der Waals surface area contributed by atoms with E-state index in [1.807, 2.05) is 12.1 Å². The number of hydrogen-bond donors (Lipinski definition) is 1. The second-order valence-corrected chi connectivity index (χ2v) is 5.08. The first-order valence-corrected chi connectivity index (χ1v) is 6.23. The molecule has 1 fully saturated rings. The van der Waals surface area contributed by atoms with Gasteiger partial charge in [-0.1, -0.05) is 28.1 Å². The summed E-state index contributed by atoms with van der Waals surface area (Å²) in [6.45, 7) is 2.21. The Morgan fingerprint density at radius 2 is 2.00 bits per heavy atom. The molecule has 4 heteroatoms. The standard InChI is InChI=1S/C11H13BrN2S/c12-8-3-4-9(11(13)15)10(7-8)14-5-1-2-6-14/h3-4,7H,1-2,5-6H2,(H2,13,15). The Hall–Kier alpha value is -0.610. The lowest BCUT2D eigenvalue weighted by atomic mass is 10.1. The molecule has 0 bridgehead atoms. The van der Waals surface area contributed by atoms with Crippen molar-refractivity contribution in [2.45, 2.75) is 12.8 Å². The van der Waals surface area contributed by atoms with Crippen LogP contribution in [0, 0.1) is 0 Å². The summed E-state index contributed by atoms with van der Waals surface area (Å²) < 4.78 is 1.07. The third kappa shape index (κ3) is 2.32. The van der Waals surface area contributed by atoms with Gasteiger partial charge in [-0.05, 0) is 31.0 Å². The lowest BCUT2D eigenvalue weighted by Crippen LogP contribution is -2.22. The summed E-state index contributed by atoms with van der Waals surface area (Å²) in [6, 6.07) is 6.06. The molecule has 0 aliphatic carbocycles. The summed E-state index contributed by atoms with van der Waals surface area (Å²) in [5.41, 5.74) is 7.86. The zero-order valence-electron chi connectivity index (χ0n) is 8.37. The molecule has 0 amide bonds. The second-order valence-electron chi connectivity index (χ2n) is 3.72. The average Bonchev–Trinajstić information content (AvgIpc) is 2.69. The molecule has 1 saturated heterocycles. The predicted molar refractivity (Wildman–Crippen MR) is 71.5 cm³/mol. The first-order valence-electron chi connectivity index (χ1n) is 5.03. The van der Waals surface area contributed by atoms with E-state index in [1.165, 1.54) is 12.8 Å². The lowest BCUT2D eigenvalue weighted by molar-refractivity contribution is 0.949. The topological polar surface area (TPSA) is 29.3 Å². The number of halogens is 1. The van der Waals surface area contributed by atoms with Crippen LogP contribution >= 0.6 is 28.1 Å². The third-order valence-electron chi connectivity index (χ3n) is 2.67. The molecule has 0 unspecified atom stereocenters. The molecule has 1 aliphatic rings. The minimum absolute atomic E-state index is 0.476. The quantitative estimate of drug-likeness (QED) is 0.847. The van der Waals surface area contributed by atoms with Gasteiger partial charge < -0.3 is 10.6 Å². The van der Waals surface area contributed by atoms with Crippen LogP contribution in [0.25, 0.3) is 0 Å². The zero-order chi connectivity index (χ0) is 10.8. The molecule has 2 rings (SSSR count). The molecule has 0 saturated carbocycles. The van der Waals surface area contributed by atoms with Gasteiger partial charge in [-0.25, -0.2) is 0 Å². The molecule has 1 heterocycles. The van der Waals surface area contributed by atoms with E-state index in [4.69, 9.17) is 18.0 Å². The molecule has 15 heavy (non-hydrogen) atoms. The molecule has 1 aromatic carbocycles. The molecule has 0 aromatic heterocycles. The summed E-state index contributed by atoms with van der Waals surface area (Å²) in [4.78, 5) is 2.82. The number of rotatable bonds is 2. The lowest BCUT2D eigenvalue weighted by Gasteiger charge is -2.21. The highest BCUT2D eigenvalue weighted by Crippen LogP contribution is 2.27. The Kier molecular flexibility index (Phi) is 3.26. The molecule has 80 valence electrons. The van der Waals surface area contributed by atoms with Gasteiger partial charge >= 0.3 is 0 Å². The van der Waals surface area contributed by atoms with Gasteiger partial charge in [0, 0.05) is 28.8 Å². The van der Waals surface area contributed by atoms with E-state index in [0.29, 0.717) is 4.99 Å². The fourth-order valence-corrected chi connectivity index (χ4v) is 2.45. The third-order valence-corrected chi connectivity index (χ3v) is 3.39. The van der Waals surface area contributed by atoms with Crippen LogP contribution in [0.4, 0.5) is 5.69 Å². The first-order chi connectivity index (χ1) is 7.18. The second kappa shape index (κ2) is 4.49. The van der Waals surface area contributed by atoms with Gasteiger partial charge in [0.25, 0.3) is 0 Å². The molecular formula is C11H13BrN2S. The fourth-order valence-electron chi connectivity index (χ4n) is 1.93. The maximum atomic E-state index is 5.72. The van der Waals surface area contributed by atoms with E-state index < -0.39 is 0 Å². The predicted octanol–water partition coefficient (Wildman–Crippen LogP) is 2.68. The minimum atomic E-state index is 0.476. The highest BCUT2D eigenvalue weighted by atomic mass is 79.9. The summed E-state index contributed by atoms with van der Waals surface area (Å²) >= 11 is 8.55. The Bertz CT molecular complexity index is 386. The van der Waals surface area contributed by atoms with E-state index in [2.05, 4.69) is 26.9 Å². The van der Waals surface area contributed by atoms with E-state index in [1.54, 1.807) is 0 Å². The van der Waals surface area contributed by atoms with Gasteiger partial charge in [0.1, 0.15) is 4.99 Å². The Morgan fingerprint density at radius 3 is 2.60 bits per heavy atom. The largest absolute Gasteiger partial charge is 0.389 e. The van der Waals surface area contributed by atoms with Crippen molar-refractivity contribution in [1.82, 2.24) is 0 Å². The Labute approximate surface area is 104 Å². The van der Waals surface area contributed by atoms with E-state index in [9.17, 15) is 0 Å². The van der Waals surface area contributed by atoms with Crippen molar-refractivity contribution in [1.29, 1.82) is 0 Å². The maximum Gasteiger partial charge on any atom is 0.106 e. The average molecular weight is 285 g/mol. The minimum Gasteiger partial charge on any atom is -0.389 e. The van der Waals surface area contributed by atoms with Crippen LogP contribution in [-0.4, -0.2) is 18.1 Å². The van der Waals surface area contributed by atoms with Crippen molar-refractivity contribution >= 4 is 38.8 Å². The summed E-state index contributed by atoms with van der Waals surface area (Å²) in [5, 5.41) is 0. The monoisotopic (exact) mass is 284 g/mol. The van der Waals surface area contributed by atoms with Gasteiger partial charge in [-0.15, -0.1) is 0 Å². The van der Waals surface area contributed by atoms with Gasteiger partial charge in [-0.3, -0.25) is 0 Å². The zero-order valence-corrected chi connectivity index (χ0v) is 10.8. The number of anilines is 1. The van der Waals surface area contributed by atoms with Crippen LogP contribution in [-0.2, 0) is 0 Å². The molecule has 1 aromatic rings. The summed E-state index contributed by atoms with van der Waals surface area (Å²) in [5.74, 6) is 0. The van der Waals surface area contributed by atoms with Crippen LogP contribution in [0.5, 0.6) is 0 Å². The van der Waals surface area contributed by atoms with E-state index in [0.717, 1.165) is 28.8 Å². The fraction of sp³-hybridized carbons (Fsp3) is 0.364. The number of benzene rings is 1. The van der Waals surface area contributed by atoms with Crippen LogP contribution in [0.2, 0.25) is 0 Å². The smallest absolute Gasteiger partial charge is 0.106 e. The van der Waals surface area contributed by atoms with Crippen molar-refractivity contribution in [3.8, 4) is 0 Å². The number of nitrogens with zero attached hydrogens (tertiary/aromatic N) is 1. The molecule has 0 spiro atoms. The molecule has 2 nitrogen and oxygen atoms in total. The van der Waals surface area contributed by atoms with Gasteiger partial charge in [-0.2, -0.15) is 0 Å². The Balaban J connectivity index is 2.41. The van der Waals surface area contributed by atoms with E-state index >= 15 is 0 Å². The number of nitrogens with two attached hydrogens (primary N) is 1. The van der Waals surface area contributed by atoms with Crippen molar-refractivity contribution in [2.24, 2.45) is 5.73 Å². The highest BCUT2D eigenvalue weighted by molar-refractivity contribution is 9.10. The van der Waals surface area contributed by atoms with Crippen molar-refractivity contribution in [2.75, 3.05) is 18.0 Å². The summed E-state index contributed by atoms with van der Waals surface area (Å²) in [6.07, 6.45) is 2.51. The van der Waals surface area contributed by atoms with Crippen LogP contribution in [0.3, 0.4) is 0 Å². The van der Waals surface area contributed by atoms with Gasteiger partial charge in [0.2, 0.25) is 0 Å². The van der Waals surface area contributed by atoms with E-state index in [-0.39, 0.29) is 0 Å². The van der Waals surface area contributed by atoms with Crippen LogP contribution in [0.15, 0.2) is 22.7 Å². The normalized spacial score (nSPS) is 15.7. The van der Waals surface area contributed by atoms with Crippen molar-refractivity contribution in [3.63, 3.8) is 0 Å².